The number of H-pyrrole nitrogens is 1. The van der Waals surface area contributed by atoms with E-state index in [1.807, 2.05) is 24.4 Å². The summed E-state index contributed by atoms with van der Waals surface area (Å²) in [4.78, 5) is 35.0. The second-order valence-corrected chi connectivity index (χ2v) is 12.9. The van der Waals surface area contributed by atoms with Gasteiger partial charge in [-0.1, -0.05) is 76.1 Å². The zero-order chi connectivity index (χ0) is 27.0. The summed E-state index contributed by atoms with van der Waals surface area (Å²) in [5, 5.41) is 13.9. The number of Topliss-reactive ketones (excluding diaryl/α,β-unsaturated/α-hetero) is 1. The molecule has 0 spiro atoms. The van der Waals surface area contributed by atoms with Gasteiger partial charge in [0, 0.05) is 22.6 Å². The van der Waals surface area contributed by atoms with Crippen molar-refractivity contribution in [1.82, 2.24) is 9.97 Å². The summed E-state index contributed by atoms with van der Waals surface area (Å²) in [6.45, 7) is 2.22. The third kappa shape index (κ3) is 5.07. The molecule has 39 heavy (non-hydrogen) atoms. The average Bonchev–Trinajstić information content (AvgIpc) is 3.38. The lowest BCUT2D eigenvalue weighted by atomic mass is 9.49. The van der Waals surface area contributed by atoms with Gasteiger partial charge in [-0.2, -0.15) is 0 Å². The van der Waals surface area contributed by atoms with E-state index in [1.165, 1.54) is 70.6 Å². The van der Waals surface area contributed by atoms with Gasteiger partial charge in [0.15, 0.2) is 5.78 Å². The maximum absolute atomic E-state index is 13.7. The highest BCUT2D eigenvalue weighted by atomic mass is 16.3. The van der Waals surface area contributed by atoms with Crippen LogP contribution in [0, 0.1) is 17.8 Å². The monoisotopic (exact) mass is 529 g/mol. The van der Waals surface area contributed by atoms with Crippen molar-refractivity contribution in [2.24, 2.45) is 17.8 Å². The number of unbranched alkanes of at least 4 members (excludes halogenated alkanes) is 6. The minimum Gasteiger partial charge on any atom is -0.506 e. The summed E-state index contributed by atoms with van der Waals surface area (Å²) >= 11 is 0. The molecule has 7 rings (SSSR count). The van der Waals surface area contributed by atoms with Gasteiger partial charge in [0.25, 0.3) is 5.91 Å². The molecule has 0 radical (unpaired) electrons. The van der Waals surface area contributed by atoms with Crippen molar-refractivity contribution in [3.05, 3.63) is 52.9 Å². The van der Waals surface area contributed by atoms with Crippen LogP contribution in [0.2, 0.25) is 0 Å². The molecule has 3 N–H and O–H groups in total. The van der Waals surface area contributed by atoms with Gasteiger partial charge in [-0.15, -0.1) is 0 Å². The standard InChI is InChI=1S/C33H43N3O3/c1-2-3-4-5-6-7-8-12-25-24-11-9-10-13-26(24)30(38)28(29(25)37)31(39)36-32-34-20-27(35-32)33-17-21-14-22(18-33)16-23(15-21)19-33/h9-11,13,20-23,25,38H,2-8,12,14-19H2,1H3,(H2,34,35,36,39). The molecule has 4 bridgehead atoms. The molecule has 5 aliphatic rings. The van der Waals surface area contributed by atoms with Gasteiger partial charge in [-0.05, 0) is 68.3 Å². The number of imidazole rings is 1. The Kier molecular flexibility index (Phi) is 7.39. The number of amides is 1. The second-order valence-electron chi connectivity index (χ2n) is 12.9. The van der Waals surface area contributed by atoms with Gasteiger partial charge < -0.3 is 10.1 Å². The van der Waals surface area contributed by atoms with Gasteiger partial charge in [-0.25, -0.2) is 4.98 Å². The van der Waals surface area contributed by atoms with Gasteiger partial charge in [0.05, 0.1) is 6.20 Å². The molecule has 0 saturated heterocycles. The molecule has 1 heterocycles. The van der Waals surface area contributed by atoms with E-state index in [0.717, 1.165) is 41.9 Å². The lowest BCUT2D eigenvalue weighted by molar-refractivity contribution is -0.121. The van der Waals surface area contributed by atoms with E-state index in [1.54, 1.807) is 6.07 Å². The Labute approximate surface area is 232 Å². The summed E-state index contributed by atoms with van der Waals surface area (Å²) in [7, 11) is 0. The first-order valence-corrected chi connectivity index (χ1v) is 15.4. The SMILES string of the molecule is CCCCCCCCCC1C(=O)C(C(=O)Nc2ncc(C34CC5CC(CC(C5)C3)C4)[nH]2)=C(O)c2ccccc21. The van der Waals surface area contributed by atoms with Crippen LogP contribution in [-0.4, -0.2) is 26.8 Å². The number of ketones is 1. The highest BCUT2D eigenvalue weighted by molar-refractivity contribution is 6.30. The fourth-order valence-corrected chi connectivity index (χ4v) is 8.66. The Hall–Kier alpha value is -2.89. The molecule has 1 aromatic heterocycles. The number of aromatic amines is 1. The molecule has 1 aromatic carbocycles. The quantitative estimate of drug-likeness (QED) is 0.206. The largest absolute Gasteiger partial charge is 0.506 e. The van der Waals surface area contributed by atoms with Crippen LogP contribution in [0.4, 0.5) is 5.95 Å². The van der Waals surface area contributed by atoms with E-state index >= 15 is 0 Å². The van der Waals surface area contributed by atoms with E-state index in [2.05, 4.69) is 22.2 Å². The summed E-state index contributed by atoms with van der Waals surface area (Å²) in [6.07, 6.45) is 18.5. The van der Waals surface area contributed by atoms with Gasteiger partial charge in [-0.3, -0.25) is 14.9 Å². The topological polar surface area (TPSA) is 95.1 Å². The van der Waals surface area contributed by atoms with Crippen LogP contribution in [0.3, 0.4) is 0 Å². The van der Waals surface area contributed by atoms with Gasteiger partial charge in [0.2, 0.25) is 5.95 Å². The minimum atomic E-state index is -0.581. The second kappa shape index (κ2) is 10.9. The molecular formula is C33H43N3O3. The highest BCUT2D eigenvalue weighted by Crippen LogP contribution is 2.60. The third-order valence-corrected chi connectivity index (χ3v) is 10.1. The van der Waals surface area contributed by atoms with E-state index in [0.29, 0.717) is 17.9 Å². The number of rotatable bonds is 11. The summed E-state index contributed by atoms with van der Waals surface area (Å²) in [5.74, 6) is 1.30. The van der Waals surface area contributed by atoms with E-state index < -0.39 is 11.8 Å². The van der Waals surface area contributed by atoms with Crippen LogP contribution >= 0.6 is 0 Å². The Balaban J connectivity index is 1.16. The third-order valence-electron chi connectivity index (χ3n) is 10.1. The minimum absolute atomic E-state index is 0.144. The smallest absolute Gasteiger partial charge is 0.265 e. The Bertz CT molecular complexity index is 1220. The first-order valence-electron chi connectivity index (χ1n) is 15.4. The van der Waals surface area contributed by atoms with E-state index in [-0.39, 0.29) is 22.5 Å². The van der Waals surface area contributed by atoms with Crippen LogP contribution in [0.5, 0.6) is 0 Å². The van der Waals surface area contributed by atoms with Crippen LogP contribution in [-0.2, 0) is 15.0 Å². The summed E-state index contributed by atoms with van der Waals surface area (Å²) < 4.78 is 0. The molecule has 5 aliphatic carbocycles. The van der Waals surface area contributed by atoms with Crippen molar-refractivity contribution in [2.45, 2.75) is 108 Å². The van der Waals surface area contributed by atoms with Crippen LogP contribution in [0.15, 0.2) is 36.0 Å². The summed E-state index contributed by atoms with van der Waals surface area (Å²) in [6, 6.07) is 7.46. The molecule has 1 unspecified atom stereocenters. The maximum Gasteiger partial charge on any atom is 0.265 e. The summed E-state index contributed by atoms with van der Waals surface area (Å²) in [5.41, 5.74) is 2.53. The van der Waals surface area contributed by atoms with Crippen molar-refractivity contribution < 1.29 is 14.7 Å². The molecule has 0 aliphatic heterocycles. The number of anilines is 1. The first-order chi connectivity index (χ1) is 19.0. The van der Waals surface area contributed by atoms with Crippen molar-refractivity contribution >= 4 is 23.4 Å². The van der Waals surface area contributed by atoms with Crippen molar-refractivity contribution in [3.63, 3.8) is 0 Å². The zero-order valence-electron chi connectivity index (χ0n) is 23.3. The van der Waals surface area contributed by atoms with Crippen LogP contribution < -0.4 is 5.32 Å². The van der Waals surface area contributed by atoms with Gasteiger partial charge in [0.1, 0.15) is 11.3 Å². The van der Waals surface area contributed by atoms with Crippen molar-refractivity contribution in [3.8, 4) is 0 Å². The number of nitrogens with one attached hydrogen (secondary N) is 2. The molecule has 6 nitrogen and oxygen atoms in total. The molecular weight excluding hydrogens is 486 g/mol. The Morgan fingerprint density at radius 1 is 1.00 bits per heavy atom. The highest BCUT2D eigenvalue weighted by Gasteiger charge is 2.52. The lowest BCUT2D eigenvalue weighted by Crippen LogP contribution is -2.48. The molecule has 4 fully saturated rings. The number of carbonyl (C=O) groups is 2. The van der Waals surface area contributed by atoms with E-state index in [9.17, 15) is 14.7 Å². The molecule has 208 valence electrons. The zero-order valence-corrected chi connectivity index (χ0v) is 23.3. The normalized spacial score (nSPS) is 29.1. The predicted octanol–water partition coefficient (Wildman–Crippen LogP) is 7.59. The van der Waals surface area contributed by atoms with Crippen molar-refractivity contribution in [2.75, 3.05) is 5.32 Å². The molecule has 1 atom stereocenters. The number of carbonyl (C=O) groups excluding carboxylic acids is 2. The predicted molar refractivity (Wildman–Crippen MR) is 153 cm³/mol. The number of hydrogen-bond donors (Lipinski definition) is 3. The lowest BCUT2D eigenvalue weighted by Gasteiger charge is -2.56. The molecule has 2 aromatic rings. The molecule has 1 amide bonds. The van der Waals surface area contributed by atoms with Crippen LogP contribution in [0.25, 0.3) is 5.76 Å². The molecule has 4 saturated carbocycles. The Morgan fingerprint density at radius 3 is 2.33 bits per heavy atom. The Morgan fingerprint density at radius 2 is 1.64 bits per heavy atom. The molecule has 6 heteroatoms. The number of hydrogen-bond acceptors (Lipinski definition) is 4. The number of aromatic nitrogens is 2. The number of aliphatic hydroxyl groups is 1. The van der Waals surface area contributed by atoms with Crippen LogP contribution in [0.1, 0.15) is 120 Å². The van der Waals surface area contributed by atoms with Gasteiger partial charge >= 0.3 is 0 Å². The number of fused-ring (bicyclic) bond motifs is 1. The number of nitrogens with zero attached hydrogens (tertiary/aromatic N) is 1. The number of benzene rings is 1. The fraction of sp³-hybridized carbons (Fsp3) is 0.606. The van der Waals surface area contributed by atoms with Crippen molar-refractivity contribution in [1.29, 1.82) is 0 Å². The first kappa shape index (κ1) is 26.3. The maximum atomic E-state index is 13.7. The van der Waals surface area contributed by atoms with E-state index in [4.69, 9.17) is 0 Å². The number of aliphatic hydroxyl groups excluding tert-OH is 1. The fourth-order valence-electron chi connectivity index (χ4n) is 8.66. The average molecular weight is 530 g/mol.